The molecule has 0 unspecified atom stereocenters. The van der Waals surface area contributed by atoms with Crippen LogP contribution in [0.3, 0.4) is 0 Å². The van der Waals surface area contributed by atoms with E-state index < -0.39 is 11.7 Å². The molecule has 0 aliphatic heterocycles. The van der Waals surface area contributed by atoms with E-state index in [1.165, 1.54) is 6.07 Å². The summed E-state index contributed by atoms with van der Waals surface area (Å²) in [4.78, 5) is 0. The van der Waals surface area contributed by atoms with Gasteiger partial charge in [0.05, 0.1) is 11.1 Å². The van der Waals surface area contributed by atoms with Crippen LogP contribution in [0.4, 0.5) is 13.2 Å². The predicted octanol–water partition coefficient (Wildman–Crippen LogP) is 5.20. The Bertz CT molecular complexity index is 596. The maximum absolute atomic E-state index is 12.7. The molecule has 1 nitrogen and oxygen atoms in total. The predicted molar refractivity (Wildman–Crippen MR) is 67.1 cm³/mol. The van der Waals surface area contributed by atoms with E-state index in [1.807, 2.05) is 20.8 Å². The highest BCUT2D eigenvalue weighted by Crippen LogP contribution is 2.36. The van der Waals surface area contributed by atoms with Crippen LogP contribution in [-0.4, -0.2) is 4.57 Å². The summed E-state index contributed by atoms with van der Waals surface area (Å²) in [6.45, 7) is 5.60. The Kier molecular flexibility index (Phi) is 3.09. The van der Waals surface area contributed by atoms with Crippen LogP contribution in [0.2, 0.25) is 5.15 Å². The lowest BCUT2D eigenvalue weighted by Crippen LogP contribution is -2.06. The number of fused-ring (bicyclic) bond motifs is 1. The fourth-order valence-corrected chi connectivity index (χ4v) is 2.51. The number of hydrogen-bond acceptors (Lipinski definition) is 0. The largest absolute Gasteiger partial charge is 0.416 e. The van der Waals surface area contributed by atoms with Crippen molar-refractivity contribution < 1.29 is 13.2 Å². The minimum Gasteiger partial charge on any atom is -0.329 e. The van der Waals surface area contributed by atoms with Crippen molar-refractivity contribution in [3.05, 3.63) is 34.5 Å². The van der Waals surface area contributed by atoms with Crippen molar-refractivity contribution in [2.75, 3.05) is 0 Å². The van der Waals surface area contributed by atoms with E-state index >= 15 is 0 Å². The van der Waals surface area contributed by atoms with Crippen LogP contribution in [0.5, 0.6) is 0 Å². The van der Waals surface area contributed by atoms with Crippen molar-refractivity contribution in [2.24, 2.45) is 0 Å². The Morgan fingerprint density at radius 1 is 1.22 bits per heavy atom. The molecule has 1 aromatic carbocycles. The summed E-state index contributed by atoms with van der Waals surface area (Å²) in [5.74, 6) is 0. The average Bonchev–Trinajstić information content (AvgIpc) is 2.50. The summed E-state index contributed by atoms with van der Waals surface area (Å²) in [7, 11) is 0. The van der Waals surface area contributed by atoms with Crippen LogP contribution in [0.25, 0.3) is 10.9 Å². The Hall–Kier alpha value is -1.16. The Morgan fingerprint density at radius 2 is 1.83 bits per heavy atom. The highest BCUT2D eigenvalue weighted by Gasteiger charge is 2.31. The smallest absolute Gasteiger partial charge is 0.329 e. The number of alkyl halides is 3. The zero-order chi connectivity index (χ0) is 13.7. The average molecular weight is 276 g/mol. The minimum absolute atomic E-state index is 0.0113. The molecule has 2 rings (SSSR count). The second-order valence-electron chi connectivity index (χ2n) is 4.61. The summed E-state index contributed by atoms with van der Waals surface area (Å²) in [6, 6.07) is 3.75. The fraction of sp³-hybridized carbons (Fsp3) is 0.385. The topological polar surface area (TPSA) is 4.93 Å². The molecule has 18 heavy (non-hydrogen) atoms. The van der Waals surface area contributed by atoms with Gasteiger partial charge in [-0.2, -0.15) is 13.2 Å². The number of nitrogens with zero attached hydrogens (tertiary/aromatic N) is 1. The van der Waals surface area contributed by atoms with Crippen LogP contribution in [-0.2, 0) is 6.18 Å². The van der Waals surface area contributed by atoms with Crippen LogP contribution in [0.15, 0.2) is 18.2 Å². The first-order valence-corrected chi connectivity index (χ1v) is 5.98. The molecule has 0 aliphatic rings. The Labute approximate surface area is 108 Å². The molecule has 0 amide bonds. The highest BCUT2D eigenvalue weighted by molar-refractivity contribution is 6.32. The molecule has 0 atom stereocenters. The first-order valence-electron chi connectivity index (χ1n) is 5.60. The van der Waals surface area contributed by atoms with Gasteiger partial charge in [0.1, 0.15) is 5.15 Å². The molecule has 0 saturated carbocycles. The van der Waals surface area contributed by atoms with Crippen molar-refractivity contribution in [3.63, 3.8) is 0 Å². The van der Waals surface area contributed by atoms with Crippen LogP contribution >= 0.6 is 11.6 Å². The lowest BCUT2D eigenvalue weighted by Gasteiger charge is -2.12. The molecular weight excluding hydrogens is 263 g/mol. The van der Waals surface area contributed by atoms with Gasteiger partial charge in [-0.05, 0) is 38.5 Å². The first-order chi connectivity index (χ1) is 8.23. The summed E-state index contributed by atoms with van der Waals surface area (Å²) in [6.07, 6.45) is -4.33. The molecule has 0 saturated heterocycles. The van der Waals surface area contributed by atoms with Crippen LogP contribution in [0.1, 0.15) is 31.0 Å². The minimum atomic E-state index is -4.33. The van der Waals surface area contributed by atoms with Gasteiger partial charge in [-0.15, -0.1) is 0 Å². The zero-order valence-corrected chi connectivity index (χ0v) is 11.0. The Morgan fingerprint density at radius 3 is 2.33 bits per heavy atom. The molecule has 98 valence electrons. The number of hydrogen-bond donors (Lipinski definition) is 0. The standard InChI is InChI=1S/C13H13ClF3N/c1-7(2)18-11-6-9(13(15,16)17)4-5-10(11)8(3)12(18)14/h4-7H,1-3H3. The van der Waals surface area contributed by atoms with E-state index in [4.69, 9.17) is 11.6 Å². The van der Waals surface area contributed by atoms with Gasteiger partial charge in [0, 0.05) is 11.4 Å². The van der Waals surface area contributed by atoms with Gasteiger partial charge in [-0.3, -0.25) is 0 Å². The number of rotatable bonds is 1. The molecule has 2 aromatic rings. The Balaban J connectivity index is 2.80. The number of benzene rings is 1. The maximum Gasteiger partial charge on any atom is 0.416 e. The third-order valence-electron chi connectivity index (χ3n) is 3.03. The second kappa shape index (κ2) is 4.19. The van der Waals surface area contributed by atoms with Gasteiger partial charge >= 0.3 is 6.18 Å². The van der Waals surface area contributed by atoms with Gasteiger partial charge in [-0.1, -0.05) is 17.7 Å². The summed E-state index contributed by atoms with van der Waals surface area (Å²) in [5, 5.41) is 1.26. The van der Waals surface area contributed by atoms with E-state index in [2.05, 4.69) is 0 Å². The molecule has 0 bridgehead atoms. The van der Waals surface area contributed by atoms with Gasteiger partial charge in [0.25, 0.3) is 0 Å². The van der Waals surface area contributed by atoms with Crippen molar-refractivity contribution in [1.29, 1.82) is 0 Å². The summed E-state index contributed by atoms with van der Waals surface area (Å²) >= 11 is 6.18. The van der Waals surface area contributed by atoms with Crippen molar-refractivity contribution in [2.45, 2.75) is 33.0 Å². The summed E-state index contributed by atoms with van der Waals surface area (Å²) < 4.78 is 39.9. The number of aryl methyl sites for hydroxylation is 1. The molecular formula is C13H13ClF3N. The summed E-state index contributed by atoms with van der Waals surface area (Å²) in [5.41, 5.74) is 0.697. The lowest BCUT2D eigenvalue weighted by atomic mass is 10.1. The zero-order valence-electron chi connectivity index (χ0n) is 10.3. The van der Waals surface area contributed by atoms with Gasteiger partial charge in [-0.25, -0.2) is 0 Å². The van der Waals surface area contributed by atoms with Gasteiger partial charge < -0.3 is 4.57 Å². The van der Waals surface area contributed by atoms with E-state index in [-0.39, 0.29) is 6.04 Å². The molecule has 0 spiro atoms. The van der Waals surface area contributed by atoms with Crippen LogP contribution in [0, 0.1) is 6.92 Å². The molecule has 0 radical (unpaired) electrons. The fourth-order valence-electron chi connectivity index (χ4n) is 2.13. The quantitative estimate of drug-likeness (QED) is 0.674. The van der Waals surface area contributed by atoms with E-state index in [0.29, 0.717) is 10.7 Å². The molecule has 0 fully saturated rings. The molecule has 5 heteroatoms. The third-order valence-corrected chi connectivity index (χ3v) is 3.49. The van der Waals surface area contributed by atoms with Crippen LogP contribution < -0.4 is 0 Å². The number of aromatic nitrogens is 1. The third kappa shape index (κ3) is 1.99. The van der Waals surface area contributed by atoms with Gasteiger partial charge in [0.15, 0.2) is 0 Å². The normalized spacial score (nSPS) is 12.7. The van der Waals surface area contributed by atoms with Crippen molar-refractivity contribution in [1.82, 2.24) is 4.57 Å². The van der Waals surface area contributed by atoms with Gasteiger partial charge in [0.2, 0.25) is 0 Å². The van der Waals surface area contributed by atoms with Crippen molar-refractivity contribution >= 4 is 22.5 Å². The maximum atomic E-state index is 12.7. The molecule has 0 aliphatic carbocycles. The second-order valence-corrected chi connectivity index (χ2v) is 4.97. The van der Waals surface area contributed by atoms with E-state index in [0.717, 1.165) is 23.1 Å². The lowest BCUT2D eigenvalue weighted by molar-refractivity contribution is -0.137. The van der Waals surface area contributed by atoms with E-state index in [9.17, 15) is 13.2 Å². The molecule has 1 aromatic heterocycles. The first kappa shape index (κ1) is 13.3. The molecule has 1 heterocycles. The number of halogens is 4. The molecule has 0 N–H and O–H groups in total. The monoisotopic (exact) mass is 275 g/mol. The SMILES string of the molecule is Cc1c(Cl)n(C(C)C)c2cc(C(F)(F)F)ccc12. The van der Waals surface area contributed by atoms with E-state index in [1.54, 1.807) is 4.57 Å². The highest BCUT2D eigenvalue weighted by atomic mass is 35.5. The van der Waals surface area contributed by atoms with Crippen molar-refractivity contribution in [3.8, 4) is 0 Å².